The minimum Gasteiger partial charge on any atom is -0.348 e. The molecule has 0 saturated carbocycles. The number of carbonyl (C=O) groups excluding carboxylic acids is 1. The Kier molecular flexibility index (Phi) is 4.12. The Morgan fingerprint density at radius 2 is 1.89 bits per heavy atom. The molecule has 7 nitrogen and oxygen atoms in total. The quantitative estimate of drug-likeness (QED) is 0.732. The lowest BCUT2D eigenvalue weighted by molar-refractivity contribution is 0.0934. The number of sulfonamides is 1. The second-order valence-electron chi connectivity index (χ2n) is 4.64. The molecule has 0 unspecified atom stereocenters. The Labute approximate surface area is 106 Å². The van der Waals surface area contributed by atoms with Crippen molar-refractivity contribution in [1.82, 2.24) is 15.5 Å². The van der Waals surface area contributed by atoms with Gasteiger partial charge in [-0.25, -0.2) is 13.6 Å². The first-order chi connectivity index (χ1) is 8.14. The zero-order valence-corrected chi connectivity index (χ0v) is 11.6. The first kappa shape index (κ1) is 14.7. The molecule has 0 saturated heterocycles. The van der Waals surface area contributed by atoms with E-state index in [1.807, 2.05) is 0 Å². The number of nitrogens with two attached hydrogens (primary N) is 1. The van der Waals surface area contributed by atoms with E-state index in [1.165, 1.54) is 0 Å². The van der Waals surface area contributed by atoms with E-state index in [0.29, 0.717) is 5.69 Å². The van der Waals surface area contributed by atoms with Crippen LogP contribution < -0.4 is 10.5 Å². The maximum Gasteiger partial charge on any atom is 0.273 e. The van der Waals surface area contributed by atoms with Gasteiger partial charge in [0.25, 0.3) is 5.91 Å². The molecule has 0 aliphatic heterocycles. The third-order valence-corrected chi connectivity index (χ3v) is 3.23. The van der Waals surface area contributed by atoms with E-state index in [4.69, 9.17) is 5.14 Å². The largest absolute Gasteiger partial charge is 0.348 e. The number of H-pyrrole nitrogens is 1. The number of nitrogens with one attached hydrogen (secondary N) is 2. The smallest absolute Gasteiger partial charge is 0.273 e. The molecular formula is C10H18N4O3S. The van der Waals surface area contributed by atoms with Crippen LogP contribution in [0.2, 0.25) is 0 Å². The molecule has 0 spiro atoms. The molecule has 0 fully saturated rings. The third kappa shape index (κ3) is 3.08. The summed E-state index contributed by atoms with van der Waals surface area (Å²) in [5.41, 5.74) is 0.154. The number of aromatic nitrogens is 2. The van der Waals surface area contributed by atoms with Crippen molar-refractivity contribution in [1.29, 1.82) is 0 Å². The van der Waals surface area contributed by atoms with E-state index in [0.717, 1.165) is 0 Å². The van der Waals surface area contributed by atoms with Crippen LogP contribution in [0.15, 0.2) is 4.90 Å². The van der Waals surface area contributed by atoms with Crippen LogP contribution in [0.1, 0.15) is 49.8 Å². The van der Waals surface area contributed by atoms with Gasteiger partial charge in [-0.15, -0.1) is 0 Å². The lowest BCUT2D eigenvalue weighted by atomic mass is 10.1. The van der Waals surface area contributed by atoms with Crippen molar-refractivity contribution in [2.45, 2.75) is 44.6 Å². The summed E-state index contributed by atoms with van der Waals surface area (Å²) in [5.74, 6) is -0.691. The van der Waals surface area contributed by atoms with Crippen LogP contribution in [0.25, 0.3) is 0 Å². The molecule has 0 aliphatic carbocycles. The van der Waals surface area contributed by atoms with E-state index < -0.39 is 15.9 Å². The van der Waals surface area contributed by atoms with E-state index in [-0.39, 0.29) is 22.5 Å². The van der Waals surface area contributed by atoms with Crippen molar-refractivity contribution < 1.29 is 13.2 Å². The number of amides is 1. The van der Waals surface area contributed by atoms with Crippen LogP contribution in [-0.4, -0.2) is 30.6 Å². The van der Waals surface area contributed by atoms with Gasteiger partial charge in [0.1, 0.15) is 4.90 Å². The molecule has 8 heteroatoms. The Balaban J connectivity index is 3.34. The van der Waals surface area contributed by atoms with Crippen LogP contribution >= 0.6 is 0 Å². The molecular weight excluding hydrogens is 256 g/mol. The zero-order valence-electron chi connectivity index (χ0n) is 10.8. The Morgan fingerprint density at radius 3 is 2.28 bits per heavy atom. The van der Waals surface area contributed by atoms with Crippen molar-refractivity contribution in [3.63, 3.8) is 0 Å². The Bertz CT molecular complexity index is 545. The predicted molar refractivity (Wildman–Crippen MR) is 66.7 cm³/mol. The number of aromatic amines is 1. The first-order valence-electron chi connectivity index (χ1n) is 5.56. The van der Waals surface area contributed by atoms with Gasteiger partial charge >= 0.3 is 0 Å². The molecule has 18 heavy (non-hydrogen) atoms. The summed E-state index contributed by atoms with van der Waals surface area (Å²) in [7, 11) is -4.00. The highest BCUT2D eigenvalue weighted by molar-refractivity contribution is 7.89. The molecule has 0 aromatic carbocycles. The highest BCUT2D eigenvalue weighted by atomic mass is 32.2. The Hall–Kier alpha value is -1.41. The van der Waals surface area contributed by atoms with Gasteiger partial charge in [-0.2, -0.15) is 5.10 Å². The summed E-state index contributed by atoms with van der Waals surface area (Å²) >= 11 is 0. The fourth-order valence-corrected chi connectivity index (χ4v) is 2.50. The van der Waals surface area contributed by atoms with Crippen LogP contribution in [0.3, 0.4) is 0 Å². The van der Waals surface area contributed by atoms with Gasteiger partial charge in [-0.05, 0) is 19.8 Å². The number of rotatable bonds is 4. The standard InChI is InChI=1S/C10H18N4O3S/c1-5(2)7-9(18(11,16)17)8(14-13-7)10(15)12-6(3)4/h5-6H,1-4H3,(H,12,15)(H,13,14)(H2,11,16,17). The van der Waals surface area contributed by atoms with Gasteiger partial charge in [0.05, 0.1) is 5.69 Å². The number of nitrogens with zero attached hydrogens (tertiary/aromatic N) is 1. The van der Waals surface area contributed by atoms with E-state index in [1.54, 1.807) is 27.7 Å². The van der Waals surface area contributed by atoms with Gasteiger partial charge in [-0.1, -0.05) is 13.8 Å². The van der Waals surface area contributed by atoms with Gasteiger partial charge in [0, 0.05) is 6.04 Å². The Morgan fingerprint density at radius 1 is 1.33 bits per heavy atom. The monoisotopic (exact) mass is 274 g/mol. The number of primary sulfonamides is 1. The fraction of sp³-hybridized carbons (Fsp3) is 0.600. The van der Waals surface area contributed by atoms with Crippen LogP contribution in [-0.2, 0) is 10.0 Å². The summed E-state index contributed by atoms with van der Waals surface area (Å²) in [6.45, 7) is 7.10. The molecule has 0 radical (unpaired) electrons. The highest BCUT2D eigenvalue weighted by Gasteiger charge is 2.28. The van der Waals surface area contributed by atoms with E-state index in [2.05, 4.69) is 15.5 Å². The van der Waals surface area contributed by atoms with Crippen molar-refractivity contribution >= 4 is 15.9 Å². The van der Waals surface area contributed by atoms with Crippen molar-refractivity contribution in [3.8, 4) is 0 Å². The van der Waals surface area contributed by atoms with Crippen LogP contribution in [0.5, 0.6) is 0 Å². The van der Waals surface area contributed by atoms with Crippen LogP contribution in [0, 0.1) is 0 Å². The van der Waals surface area contributed by atoms with Crippen molar-refractivity contribution in [2.75, 3.05) is 0 Å². The minimum atomic E-state index is -4.00. The van der Waals surface area contributed by atoms with E-state index >= 15 is 0 Å². The molecule has 0 atom stereocenters. The zero-order chi connectivity index (χ0) is 14.1. The maximum atomic E-state index is 11.8. The summed E-state index contributed by atoms with van der Waals surface area (Å²) in [4.78, 5) is 11.6. The van der Waals surface area contributed by atoms with Gasteiger partial charge in [-0.3, -0.25) is 9.89 Å². The molecule has 1 rings (SSSR count). The molecule has 0 bridgehead atoms. The lowest BCUT2D eigenvalue weighted by Gasteiger charge is -2.08. The average Bonchev–Trinajstić information content (AvgIpc) is 2.59. The van der Waals surface area contributed by atoms with Gasteiger partial charge in [0.2, 0.25) is 10.0 Å². The minimum absolute atomic E-state index is 0.120. The SMILES string of the molecule is CC(C)NC(=O)c1n[nH]c(C(C)C)c1S(N)(=O)=O. The van der Waals surface area contributed by atoms with E-state index in [9.17, 15) is 13.2 Å². The molecule has 1 amide bonds. The van der Waals surface area contributed by atoms with Crippen molar-refractivity contribution in [3.05, 3.63) is 11.4 Å². The number of hydrogen-bond acceptors (Lipinski definition) is 4. The summed E-state index contributed by atoms with van der Waals surface area (Å²) in [5, 5.41) is 14.0. The topological polar surface area (TPSA) is 118 Å². The highest BCUT2D eigenvalue weighted by Crippen LogP contribution is 2.23. The van der Waals surface area contributed by atoms with Crippen LogP contribution in [0.4, 0.5) is 0 Å². The summed E-state index contributed by atoms with van der Waals surface area (Å²) in [6, 6.07) is -0.120. The average molecular weight is 274 g/mol. The van der Waals surface area contributed by atoms with Crippen molar-refractivity contribution in [2.24, 2.45) is 5.14 Å². The molecule has 102 valence electrons. The van der Waals surface area contributed by atoms with Gasteiger partial charge < -0.3 is 5.32 Å². The number of carbonyl (C=O) groups is 1. The third-order valence-electron chi connectivity index (χ3n) is 2.24. The second-order valence-corrected chi connectivity index (χ2v) is 6.14. The number of hydrogen-bond donors (Lipinski definition) is 3. The molecule has 0 aliphatic rings. The first-order valence-corrected chi connectivity index (χ1v) is 7.11. The molecule has 1 heterocycles. The summed E-state index contributed by atoms with van der Waals surface area (Å²) in [6.07, 6.45) is 0. The molecule has 1 aromatic heterocycles. The van der Waals surface area contributed by atoms with Gasteiger partial charge in [0.15, 0.2) is 5.69 Å². The summed E-state index contributed by atoms with van der Waals surface area (Å²) < 4.78 is 23.1. The fourth-order valence-electron chi connectivity index (χ4n) is 1.51. The molecule has 1 aromatic rings. The second kappa shape index (κ2) is 5.07. The molecule has 4 N–H and O–H groups in total. The normalized spacial score (nSPS) is 12.2. The lowest BCUT2D eigenvalue weighted by Crippen LogP contribution is -2.32. The maximum absolute atomic E-state index is 11.8. The predicted octanol–water partition coefficient (Wildman–Crippen LogP) is 0.319.